The van der Waals surface area contributed by atoms with E-state index >= 15 is 0 Å². The SMILES string of the molecule is CC1CC(CCC=O)C(C)(C)O1. The third-order valence-electron chi connectivity index (χ3n) is 2.74. The molecule has 0 amide bonds. The number of carbonyl (C=O) groups excluding carboxylic acids is 1. The van der Waals surface area contributed by atoms with E-state index in [-0.39, 0.29) is 5.60 Å². The highest BCUT2D eigenvalue weighted by Crippen LogP contribution is 2.37. The minimum atomic E-state index is -0.0254. The molecule has 1 aliphatic rings. The van der Waals surface area contributed by atoms with E-state index in [0.29, 0.717) is 18.4 Å². The van der Waals surface area contributed by atoms with Gasteiger partial charge in [-0.2, -0.15) is 0 Å². The van der Waals surface area contributed by atoms with Gasteiger partial charge in [0.2, 0.25) is 0 Å². The van der Waals surface area contributed by atoms with Crippen LogP contribution in [0.25, 0.3) is 0 Å². The highest BCUT2D eigenvalue weighted by molar-refractivity contribution is 5.49. The Morgan fingerprint density at radius 1 is 1.58 bits per heavy atom. The largest absolute Gasteiger partial charge is 0.372 e. The van der Waals surface area contributed by atoms with Crippen molar-refractivity contribution in [3.63, 3.8) is 0 Å². The first-order chi connectivity index (χ1) is 5.56. The normalized spacial score (nSPS) is 33.6. The zero-order valence-corrected chi connectivity index (χ0v) is 8.17. The molecule has 0 bridgehead atoms. The predicted molar refractivity (Wildman–Crippen MR) is 48.0 cm³/mol. The molecule has 0 N–H and O–H groups in total. The molecule has 2 heteroatoms. The van der Waals surface area contributed by atoms with Gasteiger partial charge in [0.25, 0.3) is 0 Å². The molecular formula is C10H18O2. The van der Waals surface area contributed by atoms with E-state index in [2.05, 4.69) is 20.8 Å². The van der Waals surface area contributed by atoms with Crippen LogP contribution in [-0.2, 0) is 9.53 Å². The third-order valence-corrected chi connectivity index (χ3v) is 2.74. The molecule has 2 unspecified atom stereocenters. The van der Waals surface area contributed by atoms with Crippen molar-refractivity contribution in [2.45, 2.75) is 51.7 Å². The van der Waals surface area contributed by atoms with Crippen molar-refractivity contribution in [2.75, 3.05) is 0 Å². The Labute approximate surface area is 74.3 Å². The Bertz CT molecular complexity index is 163. The maximum Gasteiger partial charge on any atom is 0.120 e. The summed E-state index contributed by atoms with van der Waals surface area (Å²) in [6, 6.07) is 0. The fraction of sp³-hybridized carbons (Fsp3) is 0.900. The van der Waals surface area contributed by atoms with Crippen LogP contribution in [-0.4, -0.2) is 18.0 Å². The van der Waals surface area contributed by atoms with Crippen LogP contribution in [0.5, 0.6) is 0 Å². The Balaban J connectivity index is 2.47. The summed E-state index contributed by atoms with van der Waals surface area (Å²) in [5.41, 5.74) is -0.0254. The fourth-order valence-corrected chi connectivity index (χ4v) is 2.08. The second-order valence-corrected chi connectivity index (χ2v) is 4.21. The van der Waals surface area contributed by atoms with Gasteiger partial charge in [0, 0.05) is 6.42 Å². The molecule has 0 spiro atoms. The molecule has 2 nitrogen and oxygen atoms in total. The first-order valence-electron chi connectivity index (χ1n) is 4.67. The molecule has 0 radical (unpaired) electrons. The average Bonchev–Trinajstić information content (AvgIpc) is 2.20. The maximum atomic E-state index is 10.2. The molecule has 0 aliphatic carbocycles. The van der Waals surface area contributed by atoms with Gasteiger partial charge in [-0.25, -0.2) is 0 Å². The molecule has 1 rings (SSSR count). The number of aldehydes is 1. The van der Waals surface area contributed by atoms with E-state index < -0.39 is 0 Å². The smallest absolute Gasteiger partial charge is 0.120 e. The highest BCUT2D eigenvalue weighted by atomic mass is 16.5. The first-order valence-corrected chi connectivity index (χ1v) is 4.67. The second-order valence-electron chi connectivity index (χ2n) is 4.21. The molecule has 0 saturated carbocycles. The van der Waals surface area contributed by atoms with Gasteiger partial charge in [0.15, 0.2) is 0 Å². The first kappa shape index (κ1) is 9.72. The van der Waals surface area contributed by atoms with Crippen LogP contribution >= 0.6 is 0 Å². The van der Waals surface area contributed by atoms with Gasteiger partial charge in [0.05, 0.1) is 11.7 Å². The molecule has 1 fully saturated rings. The second kappa shape index (κ2) is 3.56. The van der Waals surface area contributed by atoms with Crippen LogP contribution in [0.15, 0.2) is 0 Å². The number of hydrogen-bond acceptors (Lipinski definition) is 2. The molecule has 70 valence electrons. The minimum absolute atomic E-state index is 0.0254. The molecular weight excluding hydrogens is 152 g/mol. The standard InChI is InChI=1S/C10H18O2/c1-8-7-9(5-4-6-11)10(2,3)12-8/h6,8-9H,4-5,7H2,1-3H3. The van der Waals surface area contributed by atoms with Crippen LogP contribution in [0.1, 0.15) is 40.0 Å². The van der Waals surface area contributed by atoms with Gasteiger partial charge in [-0.3, -0.25) is 0 Å². The van der Waals surface area contributed by atoms with Crippen molar-refractivity contribution < 1.29 is 9.53 Å². The number of hydrogen-bond donors (Lipinski definition) is 0. The number of ether oxygens (including phenoxy) is 1. The van der Waals surface area contributed by atoms with E-state index in [9.17, 15) is 4.79 Å². The lowest BCUT2D eigenvalue weighted by Gasteiger charge is -2.25. The summed E-state index contributed by atoms with van der Waals surface area (Å²) in [6.45, 7) is 6.33. The van der Waals surface area contributed by atoms with E-state index in [1.807, 2.05) is 0 Å². The van der Waals surface area contributed by atoms with Crippen molar-refractivity contribution in [3.05, 3.63) is 0 Å². The van der Waals surface area contributed by atoms with Crippen molar-refractivity contribution in [1.29, 1.82) is 0 Å². The molecule has 0 aromatic heterocycles. The lowest BCUT2D eigenvalue weighted by atomic mass is 9.86. The van der Waals surface area contributed by atoms with E-state index in [1.165, 1.54) is 0 Å². The zero-order chi connectivity index (χ0) is 9.19. The van der Waals surface area contributed by atoms with Crippen molar-refractivity contribution in [3.8, 4) is 0 Å². The Morgan fingerprint density at radius 2 is 2.25 bits per heavy atom. The van der Waals surface area contributed by atoms with Gasteiger partial charge in [-0.1, -0.05) is 0 Å². The average molecular weight is 170 g/mol. The zero-order valence-electron chi connectivity index (χ0n) is 8.17. The summed E-state index contributed by atoms with van der Waals surface area (Å²) < 4.78 is 5.74. The molecule has 1 saturated heterocycles. The third kappa shape index (κ3) is 2.07. The molecule has 2 atom stereocenters. The molecule has 12 heavy (non-hydrogen) atoms. The van der Waals surface area contributed by atoms with Gasteiger partial charge in [0.1, 0.15) is 6.29 Å². The summed E-state index contributed by atoms with van der Waals surface area (Å²) in [4.78, 5) is 10.2. The molecule has 0 aromatic rings. The van der Waals surface area contributed by atoms with Crippen LogP contribution in [0.4, 0.5) is 0 Å². The predicted octanol–water partition coefficient (Wildman–Crippen LogP) is 2.17. The van der Waals surface area contributed by atoms with Gasteiger partial charge < -0.3 is 9.53 Å². The van der Waals surface area contributed by atoms with Crippen molar-refractivity contribution in [2.24, 2.45) is 5.92 Å². The highest BCUT2D eigenvalue weighted by Gasteiger charge is 2.38. The Kier molecular flexibility index (Phi) is 2.89. The van der Waals surface area contributed by atoms with Crippen LogP contribution in [0.2, 0.25) is 0 Å². The monoisotopic (exact) mass is 170 g/mol. The quantitative estimate of drug-likeness (QED) is 0.607. The molecule has 1 aliphatic heterocycles. The summed E-state index contributed by atoms with van der Waals surface area (Å²) >= 11 is 0. The number of carbonyl (C=O) groups is 1. The van der Waals surface area contributed by atoms with Crippen LogP contribution in [0.3, 0.4) is 0 Å². The van der Waals surface area contributed by atoms with E-state index in [0.717, 1.165) is 19.1 Å². The summed E-state index contributed by atoms with van der Waals surface area (Å²) in [5.74, 6) is 0.553. The fourth-order valence-electron chi connectivity index (χ4n) is 2.08. The summed E-state index contributed by atoms with van der Waals surface area (Å²) in [7, 11) is 0. The lowest BCUT2D eigenvalue weighted by Crippen LogP contribution is -2.27. The minimum Gasteiger partial charge on any atom is -0.372 e. The van der Waals surface area contributed by atoms with Crippen molar-refractivity contribution in [1.82, 2.24) is 0 Å². The topological polar surface area (TPSA) is 26.3 Å². The van der Waals surface area contributed by atoms with Crippen LogP contribution < -0.4 is 0 Å². The number of rotatable bonds is 3. The van der Waals surface area contributed by atoms with Gasteiger partial charge in [-0.05, 0) is 39.5 Å². The summed E-state index contributed by atoms with van der Waals surface area (Å²) in [5, 5.41) is 0. The van der Waals surface area contributed by atoms with Crippen molar-refractivity contribution >= 4 is 6.29 Å². The van der Waals surface area contributed by atoms with Crippen LogP contribution in [0, 0.1) is 5.92 Å². The summed E-state index contributed by atoms with van der Waals surface area (Å²) in [6.07, 6.45) is 4.10. The van der Waals surface area contributed by atoms with Gasteiger partial charge >= 0.3 is 0 Å². The lowest BCUT2D eigenvalue weighted by molar-refractivity contribution is -0.108. The Morgan fingerprint density at radius 3 is 2.67 bits per heavy atom. The van der Waals surface area contributed by atoms with E-state index in [1.54, 1.807) is 0 Å². The molecule has 1 heterocycles. The maximum absolute atomic E-state index is 10.2. The Hall–Kier alpha value is -0.370. The molecule has 0 aromatic carbocycles. The van der Waals surface area contributed by atoms with Gasteiger partial charge in [-0.15, -0.1) is 0 Å². The van der Waals surface area contributed by atoms with E-state index in [4.69, 9.17) is 4.74 Å².